The van der Waals surface area contributed by atoms with E-state index in [9.17, 15) is 9.90 Å². The highest BCUT2D eigenvalue weighted by Gasteiger charge is 2.31. The standard InChI is InChI=1S/C16H21Cl2NO2/c1-19(9-11-6-7-14(17)15(18)8-11)10-12-4-2-3-5-13(12)16(20)21/h6-8,12-13H,2-5,9-10H2,1H3,(H,20,21). The first-order valence-electron chi connectivity index (χ1n) is 7.32. The van der Waals surface area contributed by atoms with Gasteiger partial charge in [0.2, 0.25) is 0 Å². The van der Waals surface area contributed by atoms with Crippen LogP contribution in [0.1, 0.15) is 31.2 Å². The van der Waals surface area contributed by atoms with E-state index in [4.69, 9.17) is 23.2 Å². The molecule has 2 atom stereocenters. The van der Waals surface area contributed by atoms with Crippen molar-refractivity contribution in [2.24, 2.45) is 11.8 Å². The normalized spacial score (nSPS) is 22.5. The van der Waals surface area contributed by atoms with Crippen LogP contribution in [0, 0.1) is 11.8 Å². The Morgan fingerprint density at radius 3 is 2.67 bits per heavy atom. The lowest BCUT2D eigenvalue weighted by atomic mass is 9.79. The molecule has 1 aliphatic carbocycles. The van der Waals surface area contributed by atoms with Crippen molar-refractivity contribution in [2.45, 2.75) is 32.2 Å². The van der Waals surface area contributed by atoms with Crippen molar-refractivity contribution in [1.82, 2.24) is 4.90 Å². The van der Waals surface area contributed by atoms with E-state index in [2.05, 4.69) is 4.90 Å². The molecule has 1 aliphatic rings. The lowest BCUT2D eigenvalue weighted by Crippen LogP contribution is -2.35. The van der Waals surface area contributed by atoms with Gasteiger partial charge >= 0.3 is 5.97 Å². The number of nitrogens with zero attached hydrogens (tertiary/aromatic N) is 1. The third kappa shape index (κ3) is 4.60. The van der Waals surface area contributed by atoms with Crippen molar-refractivity contribution in [3.63, 3.8) is 0 Å². The second-order valence-electron chi connectivity index (χ2n) is 5.93. The molecule has 0 saturated heterocycles. The molecule has 1 aromatic rings. The molecule has 0 aromatic heterocycles. The molecule has 5 heteroatoms. The van der Waals surface area contributed by atoms with Gasteiger partial charge in [0.05, 0.1) is 16.0 Å². The van der Waals surface area contributed by atoms with Crippen molar-refractivity contribution in [3.05, 3.63) is 33.8 Å². The number of carboxylic acids is 1. The zero-order chi connectivity index (χ0) is 15.4. The number of aliphatic carboxylic acids is 1. The molecule has 0 heterocycles. The minimum absolute atomic E-state index is 0.199. The van der Waals surface area contributed by atoms with Crippen LogP contribution in [-0.4, -0.2) is 29.6 Å². The maximum absolute atomic E-state index is 11.3. The Morgan fingerprint density at radius 2 is 2.00 bits per heavy atom. The summed E-state index contributed by atoms with van der Waals surface area (Å²) in [4.78, 5) is 13.5. The Morgan fingerprint density at radius 1 is 1.29 bits per heavy atom. The van der Waals surface area contributed by atoms with Crippen LogP contribution in [0.4, 0.5) is 0 Å². The topological polar surface area (TPSA) is 40.5 Å². The molecule has 0 radical (unpaired) electrons. The molecule has 116 valence electrons. The Bertz CT molecular complexity index is 507. The summed E-state index contributed by atoms with van der Waals surface area (Å²) >= 11 is 11.9. The summed E-state index contributed by atoms with van der Waals surface area (Å²) in [6.45, 7) is 1.55. The average molecular weight is 330 g/mol. The van der Waals surface area contributed by atoms with Gasteiger partial charge < -0.3 is 10.0 Å². The Balaban J connectivity index is 1.95. The monoisotopic (exact) mass is 329 g/mol. The van der Waals surface area contributed by atoms with Gasteiger partial charge in [-0.25, -0.2) is 0 Å². The Hall–Kier alpha value is -0.770. The summed E-state index contributed by atoms with van der Waals surface area (Å²) in [6.07, 6.45) is 3.97. The van der Waals surface area contributed by atoms with Crippen LogP contribution >= 0.6 is 23.2 Å². The molecule has 2 unspecified atom stereocenters. The number of carboxylic acid groups (broad SMARTS) is 1. The van der Waals surface area contributed by atoms with Crippen molar-refractivity contribution in [3.8, 4) is 0 Å². The predicted molar refractivity (Wildman–Crippen MR) is 85.9 cm³/mol. The zero-order valence-electron chi connectivity index (χ0n) is 12.2. The molecule has 3 nitrogen and oxygen atoms in total. The van der Waals surface area contributed by atoms with E-state index in [-0.39, 0.29) is 11.8 Å². The van der Waals surface area contributed by atoms with Crippen LogP contribution < -0.4 is 0 Å². The lowest BCUT2D eigenvalue weighted by Gasteiger charge is -2.32. The van der Waals surface area contributed by atoms with Crippen molar-refractivity contribution in [1.29, 1.82) is 0 Å². The van der Waals surface area contributed by atoms with E-state index in [1.165, 1.54) is 0 Å². The Labute approximate surface area is 135 Å². The van der Waals surface area contributed by atoms with Crippen LogP contribution in [-0.2, 0) is 11.3 Å². The van der Waals surface area contributed by atoms with Gasteiger partial charge in [-0.05, 0) is 43.5 Å². The molecule has 0 spiro atoms. The van der Waals surface area contributed by atoms with Gasteiger partial charge in [0.25, 0.3) is 0 Å². The number of hydrogen-bond acceptors (Lipinski definition) is 2. The predicted octanol–water partition coefficient (Wildman–Crippen LogP) is 4.32. The van der Waals surface area contributed by atoms with Gasteiger partial charge in [-0.15, -0.1) is 0 Å². The molecule has 2 rings (SSSR count). The lowest BCUT2D eigenvalue weighted by molar-refractivity contribution is -0.145. The van der Waals surface area contributed by atoms with E-state index in [0.717, 1.165) is 44.3 Å². The molecule has 21 heavy (non-hydrogen) atoms. The first-order valence-corrected chi connectivity index (χ1v) is 8.08. The summed E-state index contributed by atoms with van der Waals surface area (Å²) in [7, 11) is 2.02. The van der Waals surface area contributed by atoms with Crippen LogP contribution in [0.3, 0.4) is 0 Å². The van der Waals surface area contributed by atoms with Gasteiger partial charge in [0.15, 0.2) is 0 Å². The van der Waals surface area contributed by atoms with E-state index in [0.29, 0.717) is 10.0 Å². The summed E-state index contributed by atoms with van der Waals surface area (Å²) in [5.74, 6) is -0.610. The molecule has 1 fully saturated rings. The van der Waals surface area contributed by atoms with E-state index in [1.807, 2.05) is 19.2 Å². The number of hydrogen-bond donors (Lipinski definition) is 1. The first kappa shape index (κ1) is 16.6. The SMILES string of the molecule is CN(Cc1ccc(Cl)c(Cl)c1)CC1CCCCC1C(=O)O. The molecular formula is C16H21Cl2NO2. The number of halogens is 2. The van der Waals surface area contributed by atoms with Crippen LogP contribution in [0.2, 0.25) is 10.0 Å². The van der Waals surface area contributed by atoms with Crippen molar-refractivity contribution >= 4 is 29.2 Å². The third-order valence-corrected chi connectivity index (χ3v) is 4.95. The third-order valence-electron chi connectivity index (χ3n) is 4.21. The highest BCUT2D eigenvalue weighted by molar-refractivity contribution is 6.42. The van der Waals surface area contributed by atoms with Crippen LogP contribution in [0.25, 0.3) is 0 Å². The number of carbonyl (C=O) groups is 1. The first-order chi connectivity index (χ1) is 9.97. The van der Waals surface area contributed by atoms with Crippen molar-refractivity contribution in [2.75, 3.05) is 13.6 Å². The summed E-state index contributed by atoms with van der Waals surface area (Å²) in [5, 5.41) is 10.4. The van der Waals surface area contributed by atoms with Gasteiger partial charge in [-0.3, -0.25) is 4.79 Å². The van der Waals surface area contributed by atoms with Crippen molar-refractivity contribution < 1.29 is 9.90 Å². The van der Waals surface area contributed by atoms with Crippen LogP contribution in [0.15, 0.2) is 18.2 Å². The minimum Gasteiger partial charge on any atom is -0.481 e. The number of rotatable bonds is 5. The second kappa shape index (κ2) is 7.48. The highest BCUT2D eigenvalue weighted by atomic mass is 35.5. The average Bonchev–Trinajstić information content (AvgIpc) is 2.43. The quantitative estimate of drug-likeness (QED) is 0.874. The molecule has 1 saturated carbocycles. The van der Waals surface area contributed by atoms with Gasteiger partial charge in [-0.1, -0.05) is 42.1 Å². The molecule has 0 amide bonds. The highest BCUT2D eigenvalue weighted by Crippen LogP contribution is 2.31. The maximum atomic E-state index is 11.3. The smallest absolute Gasteiger partial charge is 0.306 e. The Kier molecular flexibility index (Phi) is 5.91. The second-order valence-corrected chi connectivity index (χ2v) is 6.75. The van der Waals surface area contributed by atoms with E-state index >= 15 is 0 Å². The van der Waals surface area contributed by atoms with Gasteiger partial charge in [-0.2, -0.15) is 0 Å². The van der Waals surface area contributed by atoms with E-state index in [1.54, 1.807) is 6.07 Å². The molecule has 1 N–H and O–H groups in total. The summed E-state index contributed by atoms with van der Waals surface area (Å²) in [5.41, 5.74) is 1.09. The summed E-state index contributed by atoms with van der Waals surface area (Å²) in [6, 6.07) is 5.63. The molecule has 1 aromatic carbocycles. The fourth-order valence-electron chi connectivity index (χ4n) is 3.17. The largest absolute Gasteiger partial charge is 0.481 e. The molecule has 0 bridgehead atoms. The van der Waals surface area contributed by atoms with E-state index < -0.39 is 5.97 Å². The summed E-state index contributed by atoms with van der Waals surface area (Å²) < 4.78 is 0. The van der Waals surface area contributed by atoms with Crippen LogP contribution in [0.5, 0.6) is 0 Å². The number of benzene rings is 1. The van der Waals surface area contributed by atoms with Gasteiger partial charge in [0, 0.05) is 13.1 Å². The fraction of sp³-hybridized carbons (Fsp3) is 0.562. The maximum Gasteiger partial charge on any atom is 0.306 e. The minimum atomic E-state index is -0.650. The molecule has 0 aliphatic heterocycles. The molecular weight excluding hydrogens is 309 g/mol. The van der Waals surface area contributed by atoms with Gasteiger partial charge in [0.1, 0.15) is 0 Å². The fourth-order valence-corrected chi connectivity index (χ4v) is 3.49. The zero-order valence-corrected chi connectivity index (χ0v) is 13.7.